The van der Waals surface area contributed by atoms with E-state index in [-0.39, 0.29) is 0 Å². The third-order valence-electron chi connectivity index (χ3n) is 4.54. The molecule has 1 aromatic carbocycles. The Hall–Kier alpha value is -1.38. The second-order valence-electron chi connectivity index (χ2n) is 7.71. The fourth-order valence-corrected chi connectivity index (χ4v) is 3.76. The molecule has 0 radical (unpaired) electrons. The molecular formula is C19H32N2O. The molecule has 0 amide bonds. The average molecular weight is 304 g/mol. The van der Waals surface area contributed by atoms with Crippen LogP contribution in [-0.2, 0) is 0 Å². The van der Waals surface area contributed by atoms with Crippen molar-refractivity contribution in [2.45, 2.75) is 65.8 Å². The summed E-state index contributed by atoms with van der Waals surface area (Å²) in [5.74, 6) is 1.67. The van der Waals surface area contributed by atoms with Gasteiger partial charge < -0.3 is 15.8 Å². The number of hydrogen-bond acceptors (Lipinski definition) is 3. The summed E-state index contributed by atoms with van der Waals surface area (Å²) in [6.07, 6.45) is 5.94. The van der Waals surface area contributed by atoms with Gasteiger partial charge in [0.05, 0.1) is 18.0 Å². The Balaban J connectivity index is 2.03. The van der Waals surface area contributed by atoms with Gasteiger partial charge in [0, 0.05) is 12.1 Å². The minimum Gasteiger partial charge on any atom is -0.494 e. The predicted molar refractivity (Wildman–Crippen MR) is 95.5 cm³/mol. The zero-order chi connectivity index (χ0) is 16.2. The Morgan fingerprint density at radius 1 is 1.32 bits per heavy atom. The van der Waals surface area contributed by atoms with Crippen LogP contribution in [-0.4, -0.2) is 12.6 Å². The van der Waals surface area contributed by atoms with E-state index >= 15 is 0 Å². The zero-order valence-corrected chi connectivity index (χ0v) is 14.6. The third-order valence-corrected chi connectivity index (χ3v) is 4.54. The maximum atomic E-state index is 6.15. The van der Waals surface area contributed by atoms with Crippen molar-refractivity contribution in [3.05, 3.63) is 18.2 Å². The van der Waals surface area contributed by atoms with Crippen molar-refractivity contribution in [2.75, 3.05) is 17.7 Å². The molecule has 0 heterocycles. The van der Waals surface area contributed by atoms with Crippen LogP contribution in [0.4, 0.5) is 11.4 Å². The summed E-state index contributed by atoms with van der Waals surface area (Å²) in [6, 6.07) is 6.45. The zero-order valence-electron chi connectivity index (χ0n) is 14.6. The molecule has 1 fully saturated rings. The fraction of sp³-hybridized carbons (Fsp3) is 0.684. The number of nitrogens with two attached hydrogens (primary N) is 1. The summed E-state index contributed by atoms with van der Waals surface area (Å²) in [5, 5.41) is 3.66. The van der Waals surface area contributed by atoms with E-state index in [0.29, 0.717) is 11.5 Å². The van der Waals surface area contributed by atoms with E-state index in [1.165, 1.54) is 19.3 Å². The lowest BCUT2D eigenvalue weighted by molar-refractivity contribution is 0.178. The number of rotatable bonds is 6. The van der Waals surface area contributed by atoms with Crippen LogP contribution in [0.1, 0.15) is 59.8 Å². The molecule has 1 aliphatic rings. The smallest absolute Gasteiger partial charge is 0.121 e. The van der Waals surface area contributed by atoms with Crippen molar-refractivity contribution >= 4 is 11.4 Å². The first kappa shape index (κ1) is 17.0. The molecular weight excluding hydrogens is 272 g/mol. The summed E-state index contributed by atoms with van der Waals surface area (Å²) in [4.78, 5) is 0. The van der Waals surface area contributed by atoms with Gasteiger partial charge in [-0.15, -0.1) is 0 Å². The average Bonchev–Trinajstić information content (AvgIpc) is 2.40. The number of nitrogen functional groups attached to an aromatic ring is 1. The lowest BCUT2D eigenvalue weighted by Gasteiger charge is -2.39. The molecule has 0 aliphatic heterocycles. The van der Waals surface area contributed by atoms with E-state index in [1.54, 1.807) is 0 Å². The first-order chi connectivity index (χ1) is 10.4. The summed E-state index contributed by atoms with van der Waals surface area (Å²) in [5.41, 5.74) is 8.37. The topological polar surface area (TPSA) is 47.3 Å². The van der Waals surface area contributed by atoms with Crippen molar-refractivity contribution in [3.8, 4) is 5.75 Å². The lowest BCUT2D eigenvalue weighted by atomic mass is 9.70. The molecule has 0 saturated heterocycles. The summed E-state index contributed by atoms with van der Waals surface area (Å²) in [6.45, 7) is 10.0. The summed E-state index contributed by atoms with van der Waals surface area (Å²) < 4.78 is 5.80. The number of nitrogens with one attached hydrogen (secondary N) is 1. The highest BCUT2D eigenvalue weighted by Gasteiger charge is 2.32. The van der Waals surface area contributed by atoms with Gasteiger partial charge in [0.2, 0.25) is 0 Å². The van der Waals surface area contributed by atoms with Gasteiger partial charge in [-0.1, -0.05) is 34.1 Å². The third kappa shape index (κ3) is 4.82. The molecule has 124 valence electrons. The number of unbranched alkanes of at least 4 members (excludes halogenated alkanes) is 1. The molecule has 22 heavy (non-hydrogen) atoms. The maximum absolute atomic E-state index is 6.15. The van der Waals surface area contributed by atoms with Gasteiger partial charge >= 0.3 is 0 Å². The van der Waals surface area contributed by atoms with Gasteiger partial charge in [-0.05, 0) is 49.1 Å². The van der Waals surface area contributed by atoms with Gasteiger partial charge in [-0.3, -0.25) is 0 Å². The van der Waals surface area contributed by atoms with E-state index in [0.717, 1.165) is 42.5 Å². The van der Waals surface area contributed by atoms with Crippen molar-refractivity contribution in [2.24, 2.45) is 11.3 Å². The largest absolute Gasteiger partial charge is 0.494 e. The van der Waals surface area contributed by atoms with E-state index in [4.69, 9.17) is 10.5 Å². The van der Waals surface area contributed by atoms with Gasteiger partial charge in [-0.2, -0.15) is 0 Å². The fourth-order valence-electron chi connectivity index (χ4n) is 3.76. The molecule has 1 aliphatic carbocycles. The van der Waals surface area contributed by atoms with Gasteiger partial charge in [-0.25, -0.2) is 0 Å². The maximum Gasteiger partial charge on any atom is 0.121 e. The number of hydrogen-bond donors (Lipinski definition) is 2. The SMILES string of the molecule is CCCCOc1ccc(N)c(N[C@H]2C[C@@H](C)CC(C)(C)C2)c1. The molecule has 1 aromatic rings. The second-order valence-corrected chi connectivity index (χ2v) is 7.71. The Labute approximate surface area is 135 Å². The minimum atomic E-state index is 0.402. The molecule has 2 rings (SSSR count). The van der Waals surface area contributed by atoms with Crippen LogP contribution in [0.3, 0.4) is 0 Å². The van der Waals surface area contributed by atoms with E-state index in [9.17, 15) is 0 Å². The van der Waals surface area contributed by atoms with E-state index in [1.807, 2.05) is 12.1 Å². The Bertz CT molecular complexity index is 484. The highest BCUT2D eigenvalue weighted by molar-refractivity contribution is 5.68. The molecule has 1 saturated carbocycles. The highest BCUT2D eigenvalue weighted by atomic mass is 16.5. The van der Waals surface area contributed by atoms with Crippen LogP contribution >= 0.6 is 0 Å². The first-order valence-electron chi connectivity index (χ1n) is 8.68. The minimum absolute atomic E-state index is 0.402. The lowest BCUT2D eigenvalue weighted by Crippen LogP contribution is -2.35. The first-order valence-corrected chi connectivity index (χ1v) is 8.68. The monoisotopic (exact) mass is 304 g/mol. The second kappa shape index (κ2) is 7.26. The number of anilines is 2. The Morgan fingerprint density at radius 2 is 2.09 bits per heavy atom. The van der Waals surface area contributed by atoms with Gasteiger partial charge in [0.15, 0.2) is 0 Å². The molecule has 3 heteroatoms. The molecule has 0 unspecified atom stereocenters. The Morgan fingerprint density at radius 3 is 2.77 bits per heavy atom. The van der Waals surface area contributed by atoms with Crippen LogP contribution in [0.2, 0.25) is 0 Å². The molecule has 2 atom stereocenters. The highest BCUT2D eigenvalue weighted by Crippen LogP contribution is 2.40. The summed E-state index contributed by atoms with van der Waals surface area (Å²) in [7, 11) is 0. The van der Waals surface area contributed by atoms with Crippen LogP contribution in [0.25, 0.3) is 0 Å². The standard InChI is InChI=1S/C19H32N2O/c1-5-6-9-22-16-7-8-17(20)18(11-16)21-15-10-14(2)12-19(3,4)13-15/h7-8,11,14-15,21H,5-6,9-10,12-13,20H2,1-4H3/t14-,15+/m1/s1. The molecule has 3 N–H and O–H groups in total. The normalized spacial score (nSPS) is 24.0. The number of benzene rings is 1. The van der Waals surface area contributed by atoms with Gasteiger partial charge in [0.25, 0.3) is 0 Å². The van der Waals surface area contributed by atoms with Crippen molar-refractivity contribution < 1.29 is 4.74 Å². The van der Waals surface area contributed by atoms with Crippen LogP contribution in [0.5, 0.6) is 5.75 Å². The van der Waals surface area contributed by atoms with E-state index in [2.05, 4.69) is 39.1 Å². The molecule has 0 spiro atoms. The quantitative estimate of drug-likeness (QED) is 0.569. The summed E-state index contributed by atoms with van der Waals surface area (Å²) >= 11 is 0. The predicted octanol–water partition coefficient (Wildman–Crippen LogP) is 5.07. The van der Waals surface area contributed by atoms with Crippen molar-refractivity contribution in [3.63, 3.8) is 0 Å². The van der Waals surface area contributed by atoms with Crippen LogP contribution in [0.15, 0.2) is 18.2 Å². The molecule has 0 bridgehead atoms. The van der Waals surface area contributed by atoms with Gasteiger partial charge in [0.1, 0.15) is 5.75 Å². The van der Waals surface area contributed by atoms with Crippen molar-refractivity contribution in [1.82, 2.24) is 0 Å². The molecule has 0 aromatic heterocycles. The van der Waals surface area contributed by atoms with Crippen LogP contribution < -0.4 is 15.8 Å². The van der Waals surface area contributed by atoms with Crippen LogP contribution in [0, 0.1) is 11.3 Å². The molecule has 3 nitrogen and oxygen atoms in total. The Kier molecular flexibility index (Phi) is 5.60. The van der Waals surface area contributed by atoms with Crippen molar-refractivity contribution in [1.29, 1.82) is 0 Å². The number of ether oxygens (including phenoxy) is 1. The van der Waals surface area contributed by atoms with E-state index < -0.39 is 0 Å².